The molecular formula is C31H28O6. The first-order valence-corrected chi connectivity index (χ1v) is 11.7. The van der Waals surface area contributed by atoms with E-state index in [9.17, 15) is 20.4 Å². The average Bonchev–Trinajstić information content (AvgIpc) is 2.93. The molecule has 4 rings (SSSR count). The van der Waals surface area contributed by atoms with Crippen LogP contribution in [0.15, 0.2) is 121 Å². The lowest BCUT2D eigenvalue weighted by molar-refractivity contribution is 0.0487. The maximum absolute atomic E-state index is 10.9. The molecule has 0 saturated heterocycles. The van der Waals surface area contributed by atoms with Crippen molar-refractivity contribution in [1.82, 2.24) is 0 Å². The monoisotopic (exact) mass is 496 g/mol. The van der Waals surface area contributed by atoms with Crippen LogP contribution in [0.3, 0.4) is 0 Å². The zero-order chi connectivity index (χ0) is 26.1. The van der Waals surface area contributed by atoms with Gasteiger partial charge in [0.25, 0.3) is 0 Å². The summed E-state index contributed by atoms with van der Waals surface area (Å²) in [6.45, 7) is -1.42. The molecule has 4 N–H and O–H groups in total. The summed E-state index contributed by atoms with van der Waals surface area (Å²) in [7, 11) is 0. The van der Waals surface area contributed by atoms with Crippen LogP contribution >= 0.6 is 0 Å². The van der Waals surface area contributed by atoms with Crippen molar-refractivity contribution in [3.8, 4) is 23.0 Å². The maximum Gasteiger partial charge on any atom is 0.130 e. The lowest BCUT2D eigenvalue weighted by Gasteiger charge is -2.28. The Balaban J connectivity index is 1.51. The Morgan fingerprint density at radius 1 is 0.514 bits per heavy atom. The van der Waals surface area contributed by atoms with E-state index in [-0.39, 0.29) is 11.5 Å². The molecule has 6 nitrogen and oxygen atoms in total. The average molecular weight is 497 g/mol. The minimum absolute atomic E-state index is 0.382. The standard InChI is InChI=1S/C31H28O6/c32-21-31(22-33,29(34)19-23-11-15-27(16-12-23)36-25-7-3-1-4-8-25)30(35)20-24-13-17-28(18-14-24)37-26-9-5-2-6-10-26/h1-20,32-35H,21-22H2. The Labute approximate surface area is 215 Å². The highest BCUT2D eigenvalue weighted by Gasteiger charge is 2.38. The number of aliphatic hydroxyl groups excluding tert-OH is 4. The Morgan fingerprint density at radius 3 is 1.16 bits per heavy atom. The van der Waals surface area contributed by atoms with Gasteiger partial charge in [0, 0.05) is 0 Å². The van der Waals surface area contributed by atoms with Crippen molar-refractivity contribution in [2.45, 2.75) is 0 Å². The van der Waals surface area contributed by atoms with E-state index in [2.05, 4.69) is 0 Å². The van der Waals surface area contributed by atoms with Gasteiger partial charge in [-0.25, -0.2) is 0 Å². The zero-order valence-electron chi connectivity index (χ0n) is 20.1. The van der Waals surface area contributed by atoms with Gasteiger partial charge in [-0.15, -0.1) is 0 Å². The molecule has 0 aliphatic carbocycles. The third-order valence-corrected chi connectivity index (χ3v) is 5.85. The van der Waals surface area contributed by atoms with Crippen LogP contribution in [0.25, 0.3) is 12.2 Å². The second-order valence-electron chi connectivity index (χ2n) is 8.43. The van der Waals surface area contributed by atoms with Gasteiger partial charge in [-0.3, -0.25) is 0 Å². The molecular weight excluding hydrogens is 468 g/mol. The molecule has 0 fully saturated rings. The highest BCUT2D eigenvalue weighted by atomic mass is 16.5. The van der Waals surface area contributed by atoms with Crippen LogP contribution < -0.4 is 9.47 Å². The minimum Gasteiger partial charge on any atom is -0.511 e. The Hall–Kier alpha value is -4.52. The van der Waals surface area contributed by atoms with Gasteiger partial charge in [0.05, 0.1) is 13.2 Å². The molecule has 0 heterocycles. The van der Waals surface area contributed by atoms with E-state index in [1.165, 1.54) is 12.2 Å². The second-order valence-corrected chi connectivity index (χ2v) is 8.43. The summed E-state index contributed by atoms with van der Waals surface area (Å²) >= 11 is 0. The van der Waals surface area contributed by atoms with Gasteiger partial charge in [0.2, 0.25) is 0 Å². The summed E-state index contributed by atoms with van der Waals surface area (Å²) in [4.78, 5) is 0. The van der Waals surface area contributed by atoms with Crippen molar-refractivity contribution in [3.05, 3.63) is 132 Å². The number of aliphatic hydroxyl groups is 4. The quantitative estimate of drug-likeness (QED) is 0.182. The third kappa shape index (κ3) is 6.38. The fourth-order valence-corrected chi connectivity index (χ4v) is 3.61. The van der Waals surface area contributed by atoms with Crippen molar-refractivity contribution >= 4 is 12.2 Å². The van der Waals surface area contributed by atoms with Crippen LogP contribution in [0.2, 0.25) is 0 Å². The van der Waals surface area contributed by atoms with E-state index in [0.29, 0.717) is 34.1 Å². The van der Waals surface area contributed by atoms with Crippen LogP contribution in [0.4, 0.5) is 0 Å². The highest BCUT2D eigenvalue weighted by Crippen LogP contribution is 2.35. The predicted molar refractivity (Wildman–Crippen MR) is 144 cm³/mol. The van der Waals surface area contributed by atoms with E-state index < -0.39 is 18.6 Å². The first-order valence-electron chi connectivity index (χ1n) is 11.7. The number of benzene rings is 4. The number of hydrogen-bond donors (Lipinski definition) is 4. The molecule has 0 atom stereocenters. The lowest BCUT2D eigenvalue weighted by Crippen LogP contribution is -2.34. The van der Waals surface area contributed by atoms with E-state index in [0.717, 1.165) is 0 Å². The van der Waals surface area contributed by atoms with Gasteiger partial charge in [-0.1, -0.05) is 60.7 Å². The fourth-order valence-electron chi connectivity index (χ4n) is 3.61. The number of rotatable bonds is 10. The zero-order valence-corrected chi connectivity index (χ0v) is 20.1. The van der Waals surface area contributed by atoms with Crippen LogP contribution in [0.5, 0.6) is 23.0 Å². The molecule has 4 aromatic rings. The third-order valence-electron chi connectivity index (χ3n) is 5.85. The van der Waals surface area contributed by atoms with Crippen LogP contribution in [0, 0.1) is 5.41 Å². The summed E-state index contributed by atoms with van der Waals surface area (Å²) in [5.41, 5.74) is -0.586. The van der Waals surface area contributed by atoms with Gasteiger partial charge < -0.3 is 29.9 Å². The molecule has 37 heavy (non-hydrogen) atoms. The Kier molecular flexibility index (Phi) is 8.26. The fraction of sp³-hybridized carbons (Fsp3) is 0.0968. The van der Waals surface area contributed by atoms with Crippen molar-refractivity contribution in [1.29, 1.82) is 0 Å². The number of para-hydroxylation sites is 2. The molecule has 4 aromatic carbocycles. The van der Waals surface area contributed by atoms with Gasteiger partial charge in [0.1, 0.15) is 39.9 Å². The van der Waals surface area contributed by atoms with Gasteiger partial charge in [0.15, 0.2) is 0 Å². The normalized spacial score (nSPS) is 12.3. The summed E-state index contributed by atoms with van der Waals surface area (Å²) in [5, 5.41) is 41.9. The number of hydrogen-bond acceptors (Lipinski definition) is 6. The van der Waals surface area contributed by atoms with Gasteiger partial charge >= 0.3 is 0 Å². The van der Waals surface area contributed by atoms with E-state index >= 15 is 0 Å². The SMILES string of the molecule is OCC(CO)(C(O)=Cc1ccc(Oc2ccccc2)cc1)C(O)=Cc1ccc(Oc2ccccc2)cc1. The van der Waals surface area contributed by atoms with Crippen molar-refractivity contribution in [3.63, 3.8) is 0 Å². The maximum atomic E-state index is 10.9. The smallest absolute Gasteiger partial charge is 0.130 e. The molecule has 0 saturated carbocycles. The summed E-state index contributed by atoms with van der Waals surface area (Å²) in [5.74, 6) is 1.85. The molecule has 0 radical (unpaired) electrons. The topological polar surface area (TPSA) is 99.4 Å². The summed E-state index contributed by atoms with van der Waals surface area (Å²) in [6.07, 6.45) is 2.78. The predicted octanol–water partition coefficient (Wildman–Crippen LogP) is 6.74. The summed E-state index contributed by atoms with van der Waals surface area (Å²) in [6, 6.07) is 32.5. The van der Waals surface area contributed by atoms with Crippen LogP contribution in [-0.4, -0.2) is 33.6 Å². The van der Waals surface area contributed by atoms with Gasteiger partial charge in [-0.2, -0.15) is 0 Å². The molecule has 0 bridgehead atoms. The summed E-state index contributed by atoms with van der Waals surface area (Å²) < 4.78 is 11.5. The second kappa shape index (κ2) is 11.9. The molecule has 0 amide bonds. The Bertz CT molecular complexity index is 1220. The molecule has 0 aromatic heterocycles. The van der Waals surface area contributed by atoms with Gasteiger partial charge in [-0.05, 0) is 71.8 Å². The molecule has 188 valence electrons. The lowest BCUT2D eigenvalue weighted by atomic mass is 9.83. The molecule has 0 spiro atoms. The molecule has 0 aliphatic heterocycles. The van der Waals surface area contributed by atoms with Crippen LogP contribution in [0.1, 0.15) is 11.1 Å². The van der Waals surface area contributed by atoms with E-state index in [4.69, 9.17) is 9.47 Å². The highest BCUT2D eigenvalue weighted by molar-refractivity contribution is 5.59. The van der Waals surface area contributed by atoms with E-state index in [1.807, 2.05) is 60.7 Å². The van der Waals surface area contributed by atoms with E-state index in [1.54, 1.807) is 48.5 Å². The first kappa shape index (κ1) is 25.6. The minimum atomic E-state index is -1.78. The number of ether oxygens (including phenoxy) is 2. The van der Waals surface area contributed by atoms with Crippen molar-refractivity contribution < 1.29 is 29.9 Å². The molecule has 0 aliphatic rings. The van der Waals surface area contributed by atoms with Crippen molar-refractivity contribution in [2.24, 2.45) is 5.41 Å². The molecule has 0 unspecified atom stereocenters. The molecule has 6 heteroatoms. The van der Waals surface area contributed by atoms with Crippen molar-refractivity contribution in [2.75, 3.05) is 13.2 Å². The largest absolute Gasteiger partial charge is 0.511 e. The Morgan fingerprint density at radius 2 is 0.838 bits per heavy atom. The first-order chi connectivity index (χ1) is 18.0. The van der Waals surface area contributed by atoms with Crippen LogP contribution in [-0.2, 0) is 0 Å².